The van der Waals surface area contributed by atoms with Crippen molar-refractivity contribution in [1.29, 1.82) is 0 Å². The Labute approximate surface area is 291 Å². The first-order chi connectivity index (χ1) is 23.1. The maximum Gasteiger partial charge on any atom is 0.338 e. The van der Waals surface area contributed by atoms with Crippen LogP contribution in [0.4, 0.5) is 0 Å². The maximum atomic E-state index is 13.5. The van der Waals surface area contributed by atoms with Crippen LogP contribution in [0, 0.1) is 28.6 Å². The standard InChI is InChI=1S/C37H48O13/c1-19-15-36(44)28(29(19)48-31(43)25-13-11-10-12-14-25)30(46-21(3)39)34(8)18-37(50-24(6)42)26(35(34,9)32(36)47-22(4)40)16-33(7,49-23(5)41)17-27(37)45-20(2)38/h10-14,19,26-30,32,44H,15-18H2,1-9H3/t19-,26-,27+,28+,29-,30+,32+,33+,34-,35+,36+,37+/m1/s1. The van der Waals surface area contributed by atoms with E-state index in [2.05, 4.69) is 0 Å². The van der Waals surface area contributed by atoms with Crippen LogP contribution in [0.15, 0.2) is 30.3 Å². The maximum absolute atomic E-state index is 13.5. The van der Waals surface area contributed by atoms with Gasteiger partial charge in [-0.2, -0.15) is 0 Å². The molecule has 4 aliphatic carbocycles. The van der Waals surface area contributed by atoms with Gasteiger partial charge in [-0.25, -0.2) is 4.79 Å². The number of benzene rings is 1. The van der Waals surface area contributed by atoms with E-state index < -0.39 is 106 Å². The minimum absolute atomic E-state index is 0.0202. The Hall–Kier alpha value is -4.00. The van der Waals surface area contributed by atoms with Crippen molar-refractivity contribution in [2.24, 2.45) is 28.6 Å². The summed E-state index contributed by atoms with van der Waals surface area (Å²) in [4.78, 5) is 77.7. The van der Waals surface area contributed by atoms with E-state index in [4.69, 9.17) is 28.4 Å². The third-order valence-corrected chi connectivity index (χ3v) is 11.9. The van der Waals surface area contributed by atoms with Gasteiger partial charge in [0.15, 0.2) is 5.60 Å². The van der Waals surface area contributed by atoms with Crippen molar-refractivity contribution in [2.45, 2.75) is 129 Å². The van der Waals surface area contributed by atoms with Gasteiger partial charge in [0.05, 0.1) is 11.5 Å². The number of fused-ring (bicyclic) bond motifs is 4. The molecule has 0 amide bonds. The quantitative estimate of drug-likeness (QED) is 0.321. The predicted molar refractivity (Wildman–Crippen MR) is 173 cm³/mol. The summed E-state index contributed by atoms with van der Waals surface area (Å²) in [7, 11) is 0. The van der Waals surface area contributed by atoms with Crippen molar-refractivity contribution in [2.75, 3.05) is 0 Å². The molecule has 0 spiro atoms. The molecule has 0 heterocycles. The lowest BCUT2D eigenvalue weighted by Gasteiger charge is -2.63. The van der Waals surface area contributed by atoms with E-state index in [1.54, 1.807) is 58.0 Å². The van der Waals surface area contributed by atoms with Crippen molar-refractivity contribution < 1.29 is 62.3 Å². The molecule has 1 aromatic carbocycles. The Morgan fingerprint density at radius 2 is 1.30 bits per heavy atom. The van der Waals surface area contributed by atoms with Gasteiger partial charge in [0.2, 0.25) is 0 Å². The summed E-state index contributed by atoms with van der Waals surface area (Å²) in [5, 5.41) is 13.1. The molecule has 0 aliphatic heterocycles. The van der Waals surface area contributed by atoms with Crippen LogP contribution < -0.4 is 0 Å². The third kappa shape index (κ3) is 5.84. The van der Waals surface area contributed by atoms with Gasteiger partial charge in [-0.1, -0.05) is 39.0 Å². The number of rotatable bonds is 7. The second-order valence-electron chi connectivity index (χ2n) is 15.5. The predicted octanol–water partition coefficient (Wildman–Crippen LogP) is 3.86. The number of hydrogen-bond donors (Lipinski definition) is 1. The van der Waals surface area contributed by atoms with Gasteiger partial charge in [0, 0.05) is 64.2 Å². The topological polar surface area (TPSA) is 178 Å². The van der Waals surface area contributed by atoms with Crippen molar-refractivity contribution in [1.82, 2.24) is 0 Å². The smallest absolute Gasteiger partial charge is 0.338 e. The first-order valence-electron chi connectivity index (χ1n) is 17.0. The van der Waals surface area contributed by atoms with E-state index in [9.17, 15) is 33.9 Å². The number of hydrogen-bond acceptors (Lipinski definition) is 13. The second kappa shape index (κ2) is 12.6. The van der Waals surface area contributed by atoms with Crippen LogP contribution in [0.2, 0.25) is 0 Å². The molecule has 274 valence electrons. The molecule has 0 saturated heterocycles. The van der Waals surface area contributed by atoms with Crippen LogP contribution in [0.25, 0.3) is 0 Å². The fraction of sp³-hybridized carbons (Fsp3) is 0.676. The van der Waals surface area contributed by atoms with Crippen LogP contribution >= 0.6 is 0 Å². The van der Waals surface area contributed by atoms with E-state index in [-0.39, 0.29) is 31.2 Å². The van der Waals surface area contributed by atoms with Crippen molar-refractivity contribution in [3.05, 3.63) is 35.9 Å². The van der Waals surface area contributed by atoms with Gasteiger partial charge in [0.25, 0.3) is 0 Å². The Kier molecular flexibility index (Phi) is 9.42. The summed E-state index contributed by atoms with van der Waals surface area (Å²) in [5.41, 5.74) is -7.26. The average molecular weight is 701 g/mol. The molecule has 13 nitrogen and oxygen atoms in total. The van der Waals surface area contributed by atoms with Crippen LogP contribution in [0.1, 0.15) is 98.4 Å². The van der Waals surface area contributed by atoms with Gasteiger partial charge in [-0.3, -0.25) is 24.0 Å². The first-order valence-corrected chi connectivity index (χ1v) is 17.0. The summed E-state index contributed by atoms with van der Waals surface area (Å²) < 4.78 is 36.6. The molecule has 1 N–H and O–H groups in total. The molecule has 50 heavy (non-hydrogen) atoms. The van der Waals surface area contributed by atoms with Gasteiger partial charge < -0.3 is 33.5 Å². The van der Waals surface area contributed by atoms with Crippen LogP contribution in [0.5, 0.6) is 0 Å². The Morgan fingerprint density at radius 1 is 0.720 bits per heavy atom. The molecule has 0 radical (unpaired) electrons. The van der Waals surface area contributed by atoms with Crippen molar-refractivity contribution >= 4 is 35.8 Å². The van der Waals surface area contributed by atoms with E-state index in [0.29, 0.717) is 0 Å². The van der Waals surface area contributed by atoms with Gasteiger partial charge >= 0.3 is 35.8 Å². The fourth-order valence-electron chi connectivity index (χ4n) is 10.5. The van der Waals surface area contributed by atoms with E-state index in [1.807, 2.05) is 0 Å². The number of esters is 6. The van der Waals surface area contributed by atoms with Crippen molar-refractivity contribution in [3.63, 3.8) is 0 Å². The number of ether oxygens (including phenoxy) is 6. The molecule has 4 fully saturated rings. The second-order valence-corrected chi connectivity index (χ2v) is 15.5. The lowest BCUT2D eigenvalue weighted by molar-refractivity contribution is -0.290. The summed E-state index contributed by atoms with van der Waals surface area (Å²) in [5.74, 6) is -6.52. The molecule has 5 rings (SSSR count). The molecular formula is C37H48O13. The average Bonchev–Trinajstić information content (AvgIpc) is 3.34. The normalized spacial score (nSPS) is 41.4. The highest BCUT2D eigenvalue weighted by Crippen LogP contribution is 2.76. The lowest BCUT2D eigenvalue weighted by Crippen LogP contribution is -2.73. The SMILES string of the molecule is CC(=O)O[C@H]1C[C@@](C)(OC(C)=O)C[C@H]2[C@@]1(OC(C)=O)C[C@]1(C)[C@@H](OC(C)=O)[C@@H]3[C@H](OC(=O)c4ccccc4)[C@H](C)C[C@@]3(O)[C@@H](OC(C)=O)[C@]21C. The molecule has 13 heteroatoms. The highest BCUT2D eigenvalue weighted by atomic mass is 16.6. The third-order valence-electron chi connectivity index (χ3n) is 11.9. The van der Waals surface area contributed by atoms with Gasteiger partial charge in [-0.05, 0) is 37.8 Å². The molecule has 4 aliphatic rings. The summed E-state index contributed by atoms with van der Waals surface area (Å²) in [6.45, 7) is 13.2. The number of carbonyl (C=O) groups is 6. The Balaban J connectivity index is 1.78. The zero-order valence-corrected chi connectivity index (χ0v) is 30.1. The Morgan fingerprint density at radius 3 is 1.84 bits per heavy atom. The Bertz CT molecular complexity index is 1580. The van der Waals surface area contributed by atoms with E-state index in [0.717, 1.165) is 0 Å². The van der Waals surface area contributed by atoms with Crippen LogP contribution in [0.3, 0.4) is 0 Å². The highest BCUT2D eigenvalue weighted by molar-refractivity contribution is 5.89. The fourth-order valence-corrected chi connectivity index (χ4v) is 10.5. The first kappa shape index (κ1) is 37.3. The summed E-state index contributed by atoms with van der Waals surface area (Å²) >= 11 is 0. The molecule has 12 atom stereocenters. The molecular weight excluding hydrogens is 652 g/mol. The highest BCUT2D eigenvalue weighted by Gasteiger charge is 2.85. The monoisotopic (exact) mass is 700 g/mol. The largest absolute Gasteiger partial charge is 0.461 e. The lowest BCUT2D eigenvalue weighted by atomic mass is 9.46. The van der Waals surface area contributed by atoms with Crippen LogP contribution in [-0.4, -0.2) is 82.1 Å². The summed E-state index contributed by atoms with van der Waals surface area (Å²) in [6.07, 6.45) is -4.83. The van der Waals surface area contributed by atoms with E-state index >= 15 is 0 Å². The van der Waals surface area contributed by atoms with Crippen LogP contribution in [-0.2, 0) is 52.4 Å². The zero-order valence-electron chi connectivity index (χ0n) is 30.1. The number of carbonyl (C=O) groups excluding carboxylic acids is 6. The number of aliphatic hydroxyl groups is 1. The molecule has 0 aromatic heterocycles. The zero-order chi connectivity index (χ0) is 37.2. The molecule has 4 saturated carbocycles. The molecule has 0 bridgehead atoms. The minimum Gasteiger partial charge on any atom is -0.461 e. The minimum atomic E-state index is -1.94. The summed E-state index contributed by atoms with van der Waals surface area (Å²) in [6, 6.07) is 8.32. The van der Waals surface area contributed by atoms with E-state index in [1.165, 1.54) is 34.6 Å². The molecule has 0 unspecified atom stereocenters. The molecule has 1 aromatic rings. The van der Waals surface area contributed by atoms with Gasteiger partial charge in [-0.15, -0.1) is 0 Å². The van der Waals surface area contributed by atoms with Crippen molar-refractivity contribution in [3.8, 4) is 0 Å². The van der Waals surface area contributed by atoms with Gasteiger partial charge in [0.1, 0.15) is 35.6 Å².